The van der Waals surface area contributed by atoms with Crippen molar-refractivity contribution in [2.24, 2.45) is 0 Å². The van der Waals surface area contributed by atoms with E-state index in [0.29, 0.717) is 42.6 Å². The largest absolute Gasteiger partial charge is 0.416 e. The summed E-state index contributed by atoms with van der Waals surface area (Å²) in [5, 5.41) is 0. The standard InChI is InChI=1S/C21H20F3NO2/c1-14(26)15-6-8-17(9-7-15)20(27)25-12-10-16(11-13-25)18-4-2-3-5-19(18)21(22,23)24/h2-9,16H,10-13H2,1H3. The van der Waals surface area contributed by atoms with Crippen LogP contribution in [0.2, 0.25) is 0 Å². The second kappa shape index (κ2) is 7.55. The third kappa shape index (κ3) is 4.21. The molecule has 1 saturated heterocycles. The molecule has 0 unspecified atom stereocenters. The summed E-state index contributed by atoms with van der Waals surface area (Å²) in [6.07, 6.45) is -3.39. The maximum absolute atomic E-state index is 13.2. The number of ketones is 1. The lowest BCUT2D eigenvalue weighted by atomic mass is 9.86. The Kier molecular flexibility index (Phi) is 5.35. The highest BCUT2D eigenvalue weighted by Crippen LogP contribution is 2.38. The van der Waals surface area contributed by atoms with Crippen LogP contribution >= 0.6 is 0 Å². The zero-order valence-electron chi connectivity index (χ0n) is 14.9. The van der Waals surface area contributed by atoms with E-state index in [1.54, 1.807) is 35.2 Å². The van der Waals surface area contributed by atoms with Crippen molar-refractivity contribution in [3.05, 3.63) is 70.8 Å². The van der Waals surface area contributed by atoms with Crippen LogP contribution in [0.25, 0.3) is 0 Å². The molecule has 3 rings (SSSR count). The maximum Gasteiger partial charge on any atom is 0.416 e. The van der Waals surface area contributed by atoms with Gasteiger partial charge in [-0.25, -0.2) is 0 Å². The van der Waals surface area contributed by atoms with Gasteiger partial charge in [0.15, 0.2) is 5.78 Å². The van der Waals surface area contributed by atoms with Crippen molar-refractivity contribution < 1.29 is 22.8 Å². The van der Waals surface area contributed by atoms with Crippen LogP contribution in [0.3, 0.4) is 0 Å². The predicted octanol–water partition coefficient (Wildman–Crippen LogP) is 4.93. The Morgan fingerprint density at radius 3 is 2.04 bits per heavy atom. The predicted molar refractivity (Wildman–Crippen MR) is 95.8 cm³/mol. The van der Waals surface area contributed by atoms with Crippen LogP contribution < -0.4 is 0 Å². The number of likely N-dealkylation sites (tertiary alicyclic amines) is 1. The fourth-order valence-corrected chi connectivity index (χ4v) is 3.53. The lowest BCUT2D eigenvalue weighted by molar-refractivity contribution is -0.138. The fraction of sp³-hybridized carbons (Fsp3) is 0.333. The fourth-order valence-electron chi connectivity index (χ4n) is 3.53. The Balaban J connectivity index is 1.69. The summed E-state index contributed by atoms with van der Waals surface area (Å²) in [5.74, 6) is -0.447. The molecule has 2 aromatic carbocycles. The molecule has 142 valence electrons. The lowest BCUT2D eigenvalue weighted by Crippen LogP contribution is -2.38. The first-order chi connectivity index (χ1) is 12.8. The number of hydrogen-bond donors (Lipinski definition) is 0. The Bertz CT molecular complexity index is 835. The molecule has 1 aliphatic heterocycles. The molecule has 1 amide bonds. The average Bonchev–Trinajstić information content (AvgIpc) is 2.67. The Labute approximate surface area is 155 Å². The number of nitrogens with zero attached hydrogens (tertiary/aromatic N) is 1. The van der Waals surface area contributed by atoms with Gasteiger partial charge in [0, 0.05) is 24.2 Å². The summed E-state index contributed by atoms with van der Waals surface area (Å²) in [5.41, 5.74) is 0.737. The Morgan fingerprint density at radius 2 is 1.48 bits per heavy atom. The van der Waals surface area contributed by atoms with E-state index < -0.39 is 11.7 Å². The van der Waals surface area contributed by atoms with Crippen LogP contribution in [-0.4, -0.2) is 29.7 Å². The Hall–Kier alpha value is -2.63. The van der Waals surface area contributed by atoms with Crippen molar-refractivity contribution in [2.75, 3.05) is 13.1 Å². The van der Waals surface area contributed by atoms with Crippen molar-refractivity contribution in [3.8, 4) is 0 Å². The Morgan fingerprint density at radius 1 is 0.926 bits per heavy atom. The average molecular weight is 375 g/mol. The molecule has 0 saturated carbocycles. The molecular formula is C21H20F3NO2. The number of carbonyl (C=O) groups is 2. The first kappa shape index (κ1) is 19.1. The van der Waals surface area contributed by atoms with Crippen LogP contribution in [0.1, 0.15) is 57.5 Å². The molecule has 0 aliphatic carbocycles. The molecule has 2 aromatic rings. The summed E-state index contributed by atoms with van der Waals surface area (Å²) in [4.78, 5) is 25.6. The first-order valence-electron chi connectivity index (χ1n) is 8.84. The second-order valence-corrected chi connectivity index (χ2v) is 6.79. The molecular weight excluding hydrogens is 355 g/mol. The summed E-state index contributed by atoms with van der Waals surface area (Å²) in [6, 6.07) is 12.1. The van der Waals surface area contributed by atoms with E-state index in [-0.39, 0.29) is 17.6 Å². The smallest absolute Gasteiger partial charge is 0.339 e. The summed E-state index contributed by atoms with van der Waals surface area (Å²) < 4.78 is 39.7. The van der Waals surface area contributed by atoms with E-state index in [1.807, 2.05) is 0 Å². The minimum atomic E-state index is -4.37. The van der Waals surface area contributed by atoms with E-state index in [4.69, 9.17) is 0 Å². The van der Waals surface area contributed by atoms with Crippen molar-refractivity contribution in [2.45, 2.75) is 31.9 Å². The SMILES string of the molecule is CC(=O)c1ccc(C(=O)N2CCC(c3ccccc3C(F)(F)F)CC2)cc1. The lowest BCUT2D eigenvalue weighted by Gasteiger charge is -2.33. The number of Topliss-reactive ketones (excluding diaryl/α,β-unsaturated/α-hetero) is 1. The van der Waals surface area contributed by atoms with E-state index >= 15 is 0 Å². The van der Waals surface area contributed by atoms with Crippen LogP contribution in [0.15, 0.2) is 48.5 Å². The van der Waals surface area contributed by atoms with Gasteiger partial charge in [-0.1, -0.05) is 30.3 Å². The number of rotatable bonds is 3. The van der Waals surface area contributed by atoms with Gasteiger partial charge in [-0.15, -0.1) is 0 Å². The van der Waals surface area contributed by atoms with Gasteiger partial charge < -0.3 is 4.90 Å². The quantitative estimate of drug-likeness (QED) is 0.714. The van der Waals surface area contributed by atoms with Gasteiger partial charge >= 0.3 is 6.18 Å². The van der Waals surface area contributed by atoms with Crippen LogP contribution in [0.5, 0.6) is 0 Å². The highest BCUT2D eigenvalue weighted by molar-refractivity contribution is 5.97. The minimum absolute atomic E-state index is 0.0712. The molecule has 1 aliphatic rings. The second-order valence-electron chi connectivity index (χ2n) is 6.79. The summed E-state index contributed by atoms with van der Waals surface area (Å²) >= 11 is 0. The van der Waals surface area contributed by atoms with E-state index in [2.05, 4.69) is 0 Å². The number of benzene rings is 2. The highest BCUT2D eigenvalue weighted by Gasteiger charge is 2.36. The van der Waals surface area contributed by atoms with Crippen molar-refractivity contribution in [3.63, 3.8) is 0 Å². The monoisotopic (exact) mass is 375 g/mol. The molecule has 27 heavy (non-hydrogen) atoms. The van der Waals surface area contributed by atoms with E-state index in [0.717, 1.165) is 6.07 Å². The number of alkyl halides is 3. The molecule has 1 fully saturated rings. The van der Waals surface area contributed by atoms with Crippen molar-refractivity contribution in [1.29, 1.82) is 0 Å². The van der Waals surface area contributed by atoms with Crippen LogP contribution in [0.4, 0.5) is 13.2 Å². The summed E-state index contributed by atoms with van der Waals surface area (Å²) in [7, 11) is 0. The first-order valence-corrected chi connectivity index (χ1v) is 8.84. The molecule has 0 N–H and O–H groups in total. The number of halogens is 3. The third-order valence-electron chi connectivity index (χ3n) is 5.03. The van der Waals surface area contributed by atoms with Gasteiger partial charge in [0.05, 0.1) is 5.56 Å². The molecule has 0 bridgehead atoms. The summed E-state index contributed by atoms with van der Waals surface area (Å²) in [6.45, 7) is 2.27. The van der Waals surface area contributed by atoms with E-state index in [1.165, 1.54) is 19.1 Å². The van der Waals surface area contributed by atoms with Gasteiger partial charge in [0.2, 0.25) is 0 Å². The molecule has 0 aromatic heterocycles. The number of amides is 1. The van der Waals surface area contributed by atoms with Gasteiger partial charge in [0.1, 0.15) is 0 Å². The van der Waals surface area contributed by atoms with E-state index in [9.17, 15) is 22.8 Å². The zero-order valence-corrected chi connectivity index (χ0v) is 14.9. The maximum atomic E-state index is 13.2. The van der Waals surface area contributed by atoms with Gasteiger partial charge in [-0.05, 0) is 49.4 Å². The number of hydrogen-bond acceptors (Lipinski definition) is 2. The normalized spacial score (nSPS) is 15.6. The van der Waals surface area contributed by atoms with Crippen molar-refractivity contribution in [1.82, 2.24) is 4.90 Å². The highest BCUT2D eigenvalue weighted by atomic mass is 19.4. The van der Waals surface area contributed by atoms with Crippen LogP contribution in [0, 0.1) is 0 Å². The van der Waals surface area contributed by atoms with Crippen molar-refractivity contribution >= 4 is 11.7 Å². The molecule has 0 radical (unpaired) electrons. The number of carbonyl (C=O) groups excluding carboxylic acids is 2. The number of piperidine rings is 1. The molecule has 6 heteroatoms. The zero-order chi connectivity index (χ0) is 19.6. The third-order valence-corrected chi connectivity index (χ3v) is 5.03. The van der Waals surface area contributed by atoms with Crippen LogP contribution in [-0.2, 0) is 6.18 Å². The molecule has 0 atom stereocenters. The molecule has 1 heterocycles. The van der Waals surface area contributed by atoms with Gasteiger partial charge in [-0.3, -0.25) is 9.59 Å². The molecule has 0 spiro atoms. The molecule has 3 nitrogen and oxygen atoms in total. The van der Waals surface area contributed by atoms with Gasteiger partial charge in [-0.2, -0.15) is 13.2 Å². The topological polar surface area (TPSA) is 37.4 Å². The van der Waals surface area contributed by atoms with Gasteiger partial charge in [0.25, 0.3) is 5.91 Å². The minimum Gasteiger partial charge on any atom is -0.339 e.